The number of hydrogen-bond donors (Lipinski definition) is 1. The lowest BCUT2D eigenvalue weighted by molar-refractivity contribution is -0.382. The van der Waals surface area contributed by atoms with E-state index >= 15 is 0 Å². The average Bonchev–Trinajstić information content (AvgIpc) is 2.63. The van der Waals surface area contributed by atoms with Gasteiger partial charge in [-0.2, -0.15) is 0 Å². The summed E-state index contributed by atoms with van der Waals surface area (Å²) < 4.78 is 9.50. The molecule has 4 aromatic rings. The van der Waals surface area contributed by atoms with Gasteiger partial charge in [-0.1, -0.05) is 36.4 Å². The second kappa shape index (κ2) is 6.08. The van der Waals surface area contributed by atoms with Crippen LogP contribution in [0.3, 0.4) is 0 Å². The minimum Gasteiger partial charge on any atom is -0.398 e. The molecule has 0 radical (unpaired) electrons. The fourth-order valence-electron chi connectivity index (χ4n) is 2.88. The number of nitro groups is 1. The number of rotatable bonds is 1. The highest BCUT2D eigenvalue weighted by Crippen LogP contribution is 2.37. The lowest BCUT2D eigenvalue weighted by atomic mass is 10.0. The van der Waals surface area contributed by atoms with Gasteiger partial charge in [0.25, 0.3) is 5.69 Å². The maximum atomic E-state index is 11.4. The van der Waals surface area contributed by atoms with E-state index in [0.29, 0.717) is 29.2 Å². The van der Waals surface area contributed by atoms with Crippen LogP contribution < -0.4 is 5.73 Å². The van der Waals surface area contributed by atoms with Crippen molar-refractivity contribution < 1.29 is 9.31 Å². The zero-order valence-corrected chi connectivity index (χ0v) is 12.9. The SMILES string of the molecule is CF.Nc1c2ccccc2nc2c1cc([N+](=O)[O-])c1ccccc12. The Balaban J connectivity index is 0.000000815. The summed E-state index contributed by atoms with van der Waals surface area (Å²) in [5.74, 6) is 0. The summed E-state index contributed by atoms with van der Waals surface area (Å²) in [5, 5.41) is 14.1. The molecule has 0 aliphatic heterocycles. The van der Waals surface area contributed by atoms with E-state index in [1.54, 1.807) is 12.1 Å². The fraction of sp³-hybridized carbons (Fsp3) is 0.0556. The topological polar surface area (TPSA) is 82.0 Å². The number of anilines is 1. The van der Waals surface area contributed by atoms with Crippen LogP contribution in [0.25, 0.3) is 32.6 Å². The van der Waals surface area contributed by atoms with Gasteiger partial charge in [-0.3, -0.25) is 14.5 Å². The summed E-state index contributed by atoms with van der Waals surface area (Å²) in [6.45, 7) is 0. The number of alkyl halides is 1. The molecule has 0 aliphatic rings. The van der Waals surface area contributed by atoms with Gasteiger partial charge in [0.15, 0.2) is 0 Å². The maximum Gasteiger partial charge on any atom is 0.278 e. The molecule has 120 valence electrons. The molecule has 0 aliphatic carbocycles. The molecule has 2 N–H and O–H groups in total. The molecule has 0 saturated heterocycles. The van der Waals surface area contributed by atoms with Crippen molar-refractivity contribution >= 4 is 44.0 Å². The van der Waals surface area contributed by atoms with Crippen molar-refractivity contribution in [1.29, 1.82) is 0 Å². The molecule has 24 heavy (non-hydrogen) atoms. The zero-order chi connectivity index (χ0) is 17.3. The summed E-state index contributed by atoms with van der Waals surface area (Å²) in [5.41, 5.74) is 8.30. The quantitative estimate of drug-likeness (QED) is 0.240. The highest BCUT2D eigenvalue weighted by Gasteiger charge is 2.18. The summed E-state index contributed by atoms with van der Waals surface area (Å²) in [6.07, 6.45) is 0. The molecule has 1 heterocycles. The number of nitro benzene ring substituents is 1. The highest BCUT2D eigenvalue weighted by molar-refractivity contribution is 6.17. The second-order valence-corrected chi connectivity index (χ2v) is 5.14. The summed E-state index contributed by atoms with van der Waals surface area (Å²) >= 11 is 0. The summed E-state index contributed by atoms with van der Waals surface area (Å²) in [6, 6.07) is 16.3. The predicted molar refractivity (Wildman–Crippen MR) is 94.9 cm³/mol. The first kappa shape index (κ1) is 15.6. The largest absolute Gasteiger partial charge is 0.398 e. The van der Waals surface area contributed by atoms with Gasteiger partial charge in [-0.15, -0.1) is 0 Å². The third-order valence-corrected chi connectivity index (χ3v) is 3.91. The van der Waals surface area contributed by atoms with Gasteiger partial charge < -0.3 is 5.73 Å². The number of pyridine rings is 1. The normalized spacial score (nSPS) is 10.6. The van der Waals surface area contributed by atoms with E-state index < -0.39 is 0 Å². The van der Waals surface area contributed by atoms with Crippen molar-refractivity contribution in [2.45, 2.75) is 0 Å². The molecule has 1 aromatic heterocycles. The van der Waals surface area contributed by atoms with E-state index in [4.69, 9.17) is 5.73 Å². The predicted octanol–water partition coefficient (Wildman–Crippen LogP) is 4.62. The van der Waals surface area contributed by atoms with Crippen LogP contribution in [0.2, 0.25) is 0 Å². The molecule has 0 bridgehead atoms. The molecular formula is C18H14FN3O2. The van der Waals surface area contributed by atoms with Crippen LogP contribution in [0, 0.1) is 10.1 Å². The number of para-hydroxylation sites is 1. The number of fused-ring (bicyclic) bond motifs is 4. The lowest BCUT2D eigenvalue weighted by Gasteiger charge is -2.09. The first-order valence-electron chi connectivity index (χ1n) is 7.18. The maximum absolute atomic E-state index is 11.4. The van der Waals surface area contributed by atoms with E-state index in [1.165, 1.54) is 6.07 Å². The van der Waals surface area contributed by atoms with Gasteiger partial charge >= 0.3 is 0 Å². The molecule has 0 amide bonds. The first-order chi connectivity index (χ1) is 11.7. The van der Waals surface area contributed by atoms with Crippen LogP contribution in [0.4, 0.5) is 15.8 Å². The van der Waals surface area contributed by atoms with Gasteiger partial charge in [-0.25, -0.2) is 4.98 Å². The van der Waals surface area contributed by atoms with E-state index in [0.717, 1.165) is 16.3 Å². The smallest absolute Gasteiger partial charge is 0.278 e. The van der Waals surface area contributed by atoms with Crippen LogP contribution in [0.1, 0.15) is 0 Å². The van der Waals surface area contributed by atoms with Gasteiger partial charge in [0.1, 0.15) is 0 Å². The molecule has 0 atom stereocenters. The minimum atomic E-state index is -0.379. The van der Waals surface area contributed by atoms with Crippen LogP contribution >= 0.6 is 0 Å². The van der Waals surface area contributed by atoms with Gasteiger partial charge in [0, 0.05) is 22.2 Å². The molecule has 0 unspecified atom stereocenters. The van der Waals surface area contributed by atoms with Gasteiger partial charge in [0.2, 0.25) is 0 Å². The Kier molecular flexibility index (Phi) is 3.95. The number of nitrogen functional groups attached to an aromatic ring is 1. The van der Waals surface area contributed by atoms with Crippen LogP contribution in [0.5, 0.6) is 0 Å². The number of hydrogen-bond acceptors (Lipinski definition) is 4. The number of nitrogens with two attached hydrogens (primary N) is 1. The van der Waals surface area contributed by atoms with Crippen molar-refractivity contribution in [2.24, 2.45) is 0 Å². The Hall–Kier alpha value is -3.28. The van der Waals surface area contributed by atoms with Gasteiger partial charge in [0.05, 0.1) is 34.2 Å². The van der Waals surface area contributed by atoms with Crippen molar-refractivity contribution in [3.05, 3.63) is 64.7 Å². The van der Waals surface area contributed by atoms with Crippen molar-refractivity contribution in [2.75, 3.05) is 12.9 Å². The van der Waals surface area contributed by atoms with E-state index in [9.17, 15) is 14.5 Å². The second-order valence-electron chi connectivity index (χ2n) is 5.14. The summed E-state index contributed by atoms with van der Waals surface area (Å²) in [4.78, 5) is 15.7. The van der Waals surface area contributed by atoms with E-state index in [2.05, 4.69) is 4.98 Å². The number of non-ortho nitro benzene ring substituents is 1. The molecule has 0 saturated carbocycles. The zero-order valence-electron chi connectivity index (χ0n) is 12.9. The molecule has 6 heteroatoms. The van der Waals surface area contributed by atoms with E-state index in [1.807, 2.05) is 36.4 Å². The van der Waals surface area contributed by atoms with Gasteiger partial charge in [-0.05, 0) is 12.1 Å². The molecule has 0 fully saturated rings. The Bertz CT molecular complexity index is 1080. The molecule has 5 nitrogen and oxygen atoms in total. The number of nitrogens with zero attached hydrogens (tertiary/aromatic N) is 2. The van der Waals surface area contributed by atoms with Crippen LogP contribution in [0.15, 0.2) is 54.6 Å². The lowest BCUT2D eigenvalue weighted by Crippen LogP contribution is -1.96. The standard InChI is InChI=1S/C17H11N3O2.CH3F/c18-16-12-7-3-4-8-14(12)19-17-11-6-2-1-5-10(11)15(20(21)22)9-13(16)17;1-2/h1-9H,(H2,18,19);1H3. The Morgan fingerprint density at radius 3 is 2.21 bits per heavy atom. The van der Waals surface area contributed by atoms with Crippen molar-refractivity contribution in [3.63, 3.8) is 0 Å². The first-order valence-corrected chi connectivity index (χ1v) is 7.18. The minimum absolute atomic E-state index is 0.0480. The fourth-order valence-corrected chi connectivity index (χ4v) is 2.88. The molecule has 4 rings (SSSR count). The summed E-state index contributed by atoms with van der Waals surface area (Å²) in [7, 11) is 0.500. The Morgan fingerprint density at radius 1 is 0.958 bits per heavy atom. The number of aromatic nitrogens is 1. The van der Waals surface area contributed by atoms with Crippen LogP contribution in [-0.4, -0.2) is 17.1 Å². The highest BCUT2D eigenvalue weighted by atomic mass is 19.1. The third-order valence-electron chi connectivity index (χ3n) is 3.91. The van der Waals surface area contributed by atoms with Crippen molar-refractivity contribution in [3.8, 4) is 0 Å². The van der Waals surface area contributed by atoms with E-state index in [-0.39, 0.29) is 10.6 Å². The average molecular weight is 323 g/mol. The third kappa shape index (κ3) is 2.28. The molecule has 0 spiro atoms. The molecular weight excluding hydrogens is 309 g/mol. The number of benzene rings is 3. The van der Waals surface area contributed by atoms with Crippen LogP contribution in [-0.2, 0) is 0 Å². The Labute approximate surface area is 136 Å². The Morgan fingerprint density at radius 2 is 1.54 bits per heavy atom. The number of halogens is 1. The molecule has 3 aromatic carbocycles. The monoisotopic (exact) mass is 323 g/mol. The van der Waals surface area contributed by atoms with Crippen molar-refractivity contribution in [1.82, 2.24) is 4.98 Å².